The van der Waals surface area contributed by atoms with Crippen LogP contribution in [0, 0.1) is 16.0 Å². The molecule has 0 saturated carbocycles. The third kappa shape index (κ3) is 3.59. The van der Waals surface area contributed by atoms with Gasteiger partial charge in [0.1, 0.15) is 4.92 Å². The van der Waals surface area contributed by atoms with Gasteiger partial charge < -0.3 is 14.6 Å². The first-order valence-corrected chi connectivity index (χ1v) is 7.90. The van der Waals surface area contributed by atoms with E-state index >= 15 is 0 Å². The van der Waals surface area contributed by atoms with Crippen molar-refractivity contribution in [3.05, 3.63) is 56.3 Å². The van der Waals surface area contributed by atoms with E-state index in [1.54, 1.807) is 12.1 Å². The summed E-state index contributed by atoms with van der Waals surface area (Å²) in [7, 11) is 0. The lowest BCUT2D eigenvalue weighted by atomic mass is 9.98. The van der Waals surface area contributed by atoms with Crippen LogP contribution >= 0.6 is 23.2 Å². The smallest absolute Gasteiger partial charge is 0.395 e. The molecule has 1 saturated heterocycles. The van der Waals surface area contributed by atoms with Crippen molar-refractivity contribution in [3.63, 3.8) is 0 Å². The van der Waals surface area contributed by atoms with Gasteiger partial charge in [0.25, 0.3) is 5.91 Å². The molecule has 2 heterocycles. The van der Waals surface area contributed by atoms with E-state index in [2.05, 4.69) is 5.32 Å². The van der Waals surface area contributed by atoms with Gasteiger partial charge in [-0.05, 0) is 24.3 Å². The zero-order chi connectivity index (χ0) is 18.1. The average molecular weight is 384 g/mol. The van der Waals surface area contributed by atoms with Crippen LogP contribution in [0.5, 0.6) is 0 Å². The largest absolute Gasteiger partial charge is 0.433 e. The molecule has 1 fully saturated rings. The second-order valence-corrected chi connectivity index (χ2v) is 6.26. The summed E-state index contributed by atoms with van der Waals surface area (Å²) in [6, 6.07) is 7.05. The van der Waals surface area contributed by atoms with Gasteiger partial charge in [-0.15, -0.1) is 0 Å². The van der Waals surface area contributed by atoms with Crippen molar-refractivity contribution in [1.29, 1.82) is 0 Å². The molecule has 3 rings (SSSR count). The number of nitrogens with one attached hydrogen (secondary N) is 1. The van der Waals surface area contributed by atoms with Crippen molar-refractivity contribution in [2.45, 2.75) is 0 Å². The molecule has 0 radical (unpaired) electrons. The van der Waals surface area contributed by atoms with Crippen LogP contribution in [0.15, 0.2) is 34.7 Å². The van der Waals surface area contributed by atoms with Crippen molar-refractivity contribution in [3.8, 4) is 0 Å². The normalized spacial score (nSPS) is 14.1. The average Bonchev–Trinajstić information content (AvgIpc) is 2.99. The van der Waals surface area contributed by atoms with E-state index in [0.717, 1.165) is 6.07 Å². The highest BCUT2D eigenvalue weighted by atomic mass is 35.5. The molecular weight excluding hydrogens is 373 g/mol. The predicted molar refractivity (Wildman–Crippen MR) is 89.8 cm³/mol. The minimum Gasteiger partial charge on any atom is -0.395 e. The number of carbonyl (C=O) groups is 2. The van der Waals surface area contributed by atoms with Crippen molar-refractivity contribution < 1.29 is 18.9 Å². The quantitative estimate of drug-likeness (QED) is 0.644. The maximum atomic E-state index is 12.2. The van der Waals surface area contributed by atoms with Gasteiger partial charge in [-0.1, -0.05) is 23.2 Å². The molecule has 2 amide bonds. The van der Waals surface area contributed by atoms with Gasteiger partial charge in [-0.2, -0.15) is 0 Å². The Morgan fingerprint density at radius 1 is 1.24 bits per heavy atom. The number of likely N-dealkylation sites (tertiary alicyclic amines) is 1. The van der Waals surface area contributed by atoms with Gasteiger partial charge in [-0.3, -0.25) is 19.7 Å². The van der Waals surface area contributed by atoms with E-state index in [0.29, 0.717) is 15.7 Å². The fourth-order valence-corrected chi connectivity index (χ4v) is 2.67. The SMILES string of the molecule is O=C(Nc1cc(Cl)ccc1Cl)C1CN(C(=O)c2ccc([N+](=O)[O-])o2)C1. The third-order valence-electron chi connectivity index (χ3n) is 3.71. The van der Waals surface area contributed by atoms with Gasteiger partial charge >= 0.3 is 5.88 Å². The number of hydrogen-bond acceptors (Lipinski definition) is 5. The molecule has 0 unspecified atom stereocenters. The monoisotopic (exact) mass is 383 g/mol. The summed E-state index contributed by atoms with van der Waals surface area (Å²) in [4.78, 5) is 35.5. The van der Waals surface area contributed by atoms with Gasteiger partial charge in [0.15, 0.2) is 5.76 Å². The summed E-state index contributed by atoms with van der Waals surface area (Å²) in [6.07, 6.45) is 0. The lowest BCUT2D eigenvalue weighted by Crippen LogP contribution is -2.54. The standard InChI is InChI=1S/C15H11Cl2N3O5/c16-9-1-2-10(17)11(5-9)18-14(21)8-6-19(7-8)15(22)12-3-4-13(25-12)20(23)24/h1-5,8H,6-7H2,(H,18,21). The molecule has 1 N–H and O–H groups in total. The zero-order valence-corrected chi connectivity index (χ0v) is 14.1. The summed E-state index contributed by atoms with van der Waals surface area (Å²) in [5, 5.41) is 14.0. The number of benzene rings is 1. The second-order valence-electron chi connectivity index (χ2n) is 5.42. The molecule has 1 aromatic carbocycles. The summed E-state index contributed by atoms with van der Waals surface area (Å²) < 4.78 is 4.86. The van der Waals surface area contributed by atoms with E-state index in [-0.39, 0.29) is 24.8 Å². The van der Waals surface area contributed by atoms with Crippen LogP contribution in [0.25, 0.3) is 0 Å². The number of nitrogens with zero attached hydrogens (tertiary/aromatic N) is 2. The van der Waals surface area contributed by atoms with Crippen molar-refractivity contribution >= 4 is 46.6 Å². The first kappa shape index (κ1) is 17.2. The lowest BCUT2D eigenvalue weighted by Gasteiger charge is -2.37. The maximum absolute atomic E-state index is 12.2. The minimum absolute atomic E-state index is 0.136. The fraction of sp³-hybridized carbons (Fsp3) is 0.200. The fourth-order valence-electron chi connectivity index (χ4n) is 2.33. The van der Waals surface area contributed by atoms with E-state index in [1.807, 2.05) is 0 Å². The van der Waals surface area contributed by atoms with Crippen LogP contribution in [0.4, 0.5) is 11.6 Å². The molecule has 1 aliphatic heterocycles. The Morgan fingerprint density at radius 3 is 2.60 bits per heavy atom. The molecule has 1 aliphatic rings. The molecular formula is C15H11Cl2N3O5. The zero-order valence-electron chi connectivity index (χ0n) is 12.6. The maximum Gasteiger partial charge on any atom is 0.433 e. The molecule has 0 aliphatic carbocycles. The van der Waals surface area contributed by atoms with Gasteiger partial charge in [0, 0.05) is 18.1 Å². The molecule has 0 bridgehead atoms. The molecule has 8 nitrogen and oxygen atoms in total. The van der Waals surface area contributed by atoms with Crippen molar-refractivity contribution in [2.75, 3.05) is 18.4 Å². The van der Waals surface area contributed by atoms with E-state index in [4.69, 9.17) is 27.6 Å². The molecule has 25 heavy (non-hydrogen) atoms. The van der Waals surface area contributed by atoms with Crippen molar-refractivity contribution in [1.82, 2.24) is 4.90 Å². The van der Waals surface area contributed by atoms with Crippen LogP contribution in [0.2, 0.25) is 10.0 Å². The number of nitro groups is 1. The van der Waals surface area contributed by atoms with Gasteiger partial charge in [-0.25, -0.2) is 0 Å². The molecule has 0 atom stereocenters. The lowest BCUT2D eigenvalue weighted by molar-refractivity contribution is -0.402. The number of amides is 2. The summed E-state index contributed by atoms with van der Waals surface area (Å²) in [6.45, 7) is 0.356. The van der Waals surface area contributed by atoms with Crippen LogP contribution in [-0.2, 0) is 4.79 Å². The Balaban J connectivity index is 1.58. The highest BCUT2D eigenvalue weighted by Gasteiger charge is 2.37. The summed E-state index contributed by atoms with van der Waals surface area (Å²) in [5.74, 6) is -1.85. The predicted octanol–water partition coefficient (Wildman–Crippen LogP) is 3.21. The Hall–Kier alpha value is -2.58. The molecule has 1 aromatic heterocycles. The Bertz CT molecular complexity index is 861. The number of carbonyl (C=O) groups excluding carboxylic acids is 2. The Kier molecular flexibility index (Phi) is 4.65. The van der Waals surface area contributed by atoms with Crippen LogP contribution < -0.4 is 5.32 Å². The number of halogens is 2. The van der Waals surface area contributed by atoms with Crippen molar-refractivity contribution in [2.24, 2.45) is 5.92 Å². The first-order chi connectivity index (χ1) is 11.8. The Morgan fingerprint density at radius 2 is 1.96 bits per heavy atom. The first-order valence-electron chi connectivity index (χ1n) is 7.14. The van der Waals surface area contributed by atoms with Gasteiger partial charge in [0.2, 0.25) is 5.91 Å². The summed E-state index contributed by atoms with van der Waals surface area (Å²) >= 11 is 11.9. The van der Waals surface area contributed by atoms with Crippen LogP contribution in [0.3, 0.4) is 0 Å². The van der Waals surface area contributed by atoms with E-state index in [1.165, 1.54) is 17.0 Å². The number of hydrogen-bond donors (Lipinski definition) is 1. The molecule has 130 valence electrons. The molecule has 10 heteroatoms. The topological polar surface area (TPSA) is 106 Å². The number of rotatable bonds is 4. The van der Waals surface area contributed by atoms with Gasteiger partial charge in [0.05, 0.1) is 22.7 Å². The van der Waals surface area contributed by atoms with Crippen LogP contribution in [-0.4, -0.2) is 34.7 Å². The van der Waals surface area contributed by atoms with E-state index < -0.39 is 22.6 Å². The summed E-state index contributed by atoms with van der Waals surface area (Å²) in [5.41, 5.74) is 0.394. The Labute approximate surface area is 151 Å². The van der Waals surface area contributed by atoms with E-state index in [9.17, 15) is 19.7 Å². The number of furan rings is 1. The van der Waals surface area contributed by atoms with Crippen LogP contribution in [0.1, 0.15) is 10.6 Å². The third-order valence-corrected chi connectivity index (χ3v) is 4.27. The minimum atomic E-state index is -0.724. The highest BCUT2D eigenvalue weighted by molar-refractivity contribution is 6.35. The molecule has 2 aromatic rings. The number of anilines is 1. The highest BCUT2D eigenvalue weighted by Crippen LogP contribution is 2.28. The molecule has 0 spiro atoms. The second kappa shape index (κ2) is 6.73.